The Morgan fingerprint density at radius 3 is 2.71 bits per heavy atom. The van der Waals surface area contributed by atoms with E-state index < -0.39 is 5.82 Å². The Morgan fingerprint density at radius 2 is 2.14 bits per heavy atom. The first-order valence-corrected chi connectivity index (χ1v) is 8.62. The molecule has 0 saturated carbocycles. The minimum Gasteiger partial charge on any atom is -0.389 e. The van der Waals surface area contributed by atoms with Crippen LogP contribution in [0.1, 0.15) is 5.56 Å². The molecule has 21 heavy (non-hydrogen) atoms. The monoisotopic (exact) mass is 404 g/mol. The number of halogens is 3. The summed E-state index contributed by atoms with van der Waals surface area (Å²) in [5.41, 5.74) is 7.85. The Balaban J connectivity index is 2.52. The summed E-state index contributed by atoms with van der Waals surface area (Å²) in [6.07, 6.45) is 1.95. The molecule has 110 valence electrons. The number of benzene rings is 2. The van der Waals surface area contributed by atoms with E-state index in [9.17, 15) is 4.39 Å². The van der Waals surface area contributed by atoms with Crippen LogP contribution in [-0.4, -0.2) is 11.2 Å². The number of thioether (sulfide) groups is 1. The minimum atomic E-state index is -0.412. The normalized spacial score (nSPS) is 10.5. The molecule has 2 nitrogen and oxygen atoms in total. The van der Waals surface area contributed by atoms with Crippen LogP contribution in [0.25, 0.3) is 0 Å². The summed E-state index contributed by atoms with van der Waals surface area (Å²) in [6, 6.07) is 8.26. The molecule has 0 aliphatic rings. The fraction of sp³-hybridized carbons (Fsp3) is 0.0714. The summed E-state index contributed by atoms with van der Waals surface area (Å²) in [7, 11) is 0. The van der Waals surface area contributed by atoms with Gasteiger partial charge in [0.05, 0.1) is 10.7 Å². The molecule has 0 bridgehead atoms. The van der Waals surface area contributed by atoms with E-state index >= 15 is 0 Å². The van der Waals surface area contributed by atoms with Gasteiger partial charge in [-0.05, 0) is 46.5 Å². The summed E-state index contributed by atoms with van der Waals surface area (Å²) >= 11 is 16.1. The molecule has 2 aromatic rings. The van der Waals surface area contributed by atoms with Gasteiger partial charge in [-0.1, -0.05) is 29.9 Å². The predicted octanol–water partition coefficient (Wildman–Crippen LogP) is 5.34. The lowest BCUT2D eigenvalue weighted by molar-refractivity contribution is 0.627. The predicted molar refractivity (Wildman–Crippen MR) is 96.5 cm³/mol. The molecule has 0 saturated heterocycles. The fourth-order valence-electron chi connectivity index (χ4n) is 1.86. The molecular formula is C14H11BrClFN2S2. The molecule has 2 aromatic carbocycles. The third-order valence-electron chi connectivity index (χ3n) is 2.76. The molecule has 0 unspecified atom stereocenters. The highest BCUT2D eigenvalue weighted by atomic mass is 79.9. The zero-order valence-electron chi connectivity index (χ0n) is 10.9. The number of anilines is 2. The molecule has 2 rings (SSSR count). The lowest BCUT2D eigenvalue weighted by atomic mass is 10.1. The lowest BCUT2D eigenvalue weighted by Crippen LogP contribution is -2.13. The number of rotatable bonds is 4. The summed E-state index contributed by atoms with van der Waals surface area (Å²) in [4.78, 5) is 1.25. The van der Waals surface area contributed by atoms with Crippen LogP contribution >= 0.6 is 51.5 Å². The van der Waals surface area contributed by atoms with Crippen LogP contribution in [0.2, 0.25) is 5.02 Å². The van der Waals surface area contributed by atoms with E-state index in [4.69, 9.17) is 29.6 Å². The van der Waals surface area contributed by atoms with Gasteiger partial charge in [-0.25, -0.2) is 4.39 Å². The lowest BCUT2D eigenvalue weighted by Gasteiger charge is -2.16. The molecule has 3 N–H and O–H groups in total. The first-order valence-electron chi connectivity index (χ1n) is 5.82. The summed E-state index contributed by atoms with van der Waals surface area (Å²) < 4.78 is 13.8. The van der Waals surface area contributed by atoms with Crippen molar-refractivity contribution in [2.75, 3.05) is 11.6 Å². The van der Waals surface area contributed by atoms with Crippen LogP contribution in [0.5, 0.6) is 0 Å². The Kier molecular flexibility index (Phi) is 5.48. The Morgan fingerprint density at radius 1 is 1.43 bits per heavy atom. The van der Waals surface area contributed by atoms with E-state index in [0.717, 1.165) is 16.1 Å². The molecule has 0 spiro atoms. The van der Waals surface area contributed by atoms with Gasteiger partial charge in [-0.15, -0.1) is 11.8 Å². The number of hydrogen-bond donors (Lipinski definition) is 2. The van der Waals surface area contributed by atoms with Crippen molar-refractivity contribution >= 4 is 67.9 Å². The van der Waals surface area contributed by atoms with Crippen LogP contribution in [0, 0.1) is 5.82 Å². The van der Waals surface area contributed by atoms with Crippen molar-refractivity contribution in [3.8, 4) is 0 Å². The third-order valence-corrected chi connectivity index (χ3v) is 4.67. The topological polar surface area (TPSA) is 38.0 Å². The molecule has 0 radical (unpaired) electrons. The maximum atomic E-state index is 13.3. The molecule has 0 aliphatic heterocycles. The SMILES string of the molecule is CSc1cccc(Nc2c(Cl)cc(F)cc2Br)c1C(N)=S. The van der Waals surface area contributed by atoms with Crippen molar-refractivity contribution in [1.82, 2.24) is 0 Å². The van der Waals surface area contributed by atoms with E-state index in [0.29, 0.717) is 10.2 Å². The summed E-state index contributed by atoms with van der Waals surface area (Å²) in [5.74, 6) is -0.412. The van der Waals surface area contributed by atoms with Crippen LogP contribution in [0.3, 0.4) is 0 Å². The fourth-order valence-corrected chi connectivity index (χ4v) is 3.68. The van der Waals surface area contributed by atoms with Gasteiger partial charge in [0, 0.05) is 20.6 Å². The van der Waals surface area contributed by atoms with Gasteiger partial charge in [0.15, 0.2) is 0 Å². The van der Waals surface area contributed by atoms with Gasteiger partial charge in [0.25, 0.3) is 0 Å². The molecule has 0 amide bonds. The van der Waals surface area contributed by atoms with Gasteiger partial charge in [-0.2, -0.15) is 0 Å². The number of nitrogens with two attached hydrogens (primary N) is 1. The summed E-state index contributed by atoms with van der Waals surface area (Å²) in [5, 5.41) is 3.43. The second-order valence-corrected chi connectivity index (χ2v) is 6.67. The van der Waals surface area contributed by atoms with Crippen molar-refractivity contribution in [2.45, 2.75) is 4.90 Å². The molecule has 0 aliphatic carbocycles. The van der Waals surface area contributed by atoms with Crippen LogP contribution in [-0.2, 0) is 0 Å². The van der Waals surface area contributed by atoms with Gasteiger partial charge in [0.2, 0.25) is 0 Å². The van der Waals surface area contributed by atoms with E-state index in [-0.39, 0.29) is 10.0 Å². The molecule has 0 fully saturated rings. The van der Waals surface area contributed by atoms with Crippen molar-refractivity contribution < 1.29 is 4.39 Å². The van der Waals surface area contributed by atoms with E-state index in [1.165, 1.54) is 12.1 Å². The van der Waals surface area contributed by atoms with Crippen molar-refractivity contribution in [1.29, 1.82) is 0 Å². The Labute approximate surface area is 145 Å². The van der Waals surface area contributed by atoms with Crippen LogP contribution < -0.4 is 11.1 Å². The molecule has 0 aromatic heterocycles. The molecular weight excluding hydrogens is 395 g/mol. The van der Waals surface area contributed by atoms with Gasteiger partial charge in [-0.3, -0.25) is 0 Å². The zero-order valence-corrected chi connectivity index (χ0v) is 14.9. The number of thiocarbonyl (C=S) groups is 1. The zero-order chi connectivity index (χ0) is 15.6. The highest BCUT2D eigenvalue weighted by molar-refractivity contribution is 9.10. The van der Waals surface area contributed by atoms with Crippen LogP contribution in [0.15, 0.2) is 39.7 Å². The highest BCUT2D eigenvalue weighted by Crippen LogP contribution is 2.36. The molecule has 0 atom stereocenters. The maximum absolute atomic E-state index is 13.3. The van der Waals surface area contributed by atoms with Crippen molar-refractivity contribution in [3.05, 3.63) is 51.2 Å². The van der Waals surface area contributed by atoms with Gasteiger partial charge < -0.3 is 11.1 Å². The third kappa shape index (κ3) is 3.69. The first kappa shape index (κ1) is 16.5. The largest absolute Gasteiger partial charge is 0.389 e. The summed E-state index contributed by atoms with van der Waals surface area (Å²) in [6.45, 7) is 0. The van der Waals surface area contributed by atoms with E-state index in [1.54, 1.807) is 11.8 Å². The standard InChI is InChI=1S/C14H11BrClFN2S2/c1-21-11-4-2-3-10(12(11)14(18)20)19-13-8(15)5-7(17)6-9(13)16/h2-6,19H,1H3,(H2,18,20). The second-order valence-electron chi connectivity index (χ2n) is 4.12. The van der Waals surface area contributed by atoms with Crippen LogP contribution in [0.4, 0.5) is 15.8 Å². The molecule has 7 heteroatoms. The number of hydrogen-bond acceptors (Lipinski definition) is 3. The average molecular weight is 406 g/mol. The first-order chi connectivity index (χ1) is 9.93. The second kappa shape index (κ2) is 6.96. The highest BCUT2D eigenvalue weighted by Gasteiger charge is 2.14. The number of nitrogens with one attached hydrogen (secondary N) is 1. The Bertz CT molecular complexity index is 686. The smallest absolute Gasteiger partial charge is 0.125 e. The van der Waals surface area contributed by atoms with E-state index in [2.05, 4.69) is 21.2 Å². The maximum Gasteiger partial charge on any atom is 0.125 e. The van der Waals surface area contributed by atoms with Crippen molar-refractivity contribution in [2.24, 2.45) is 5.73 Å². The quantitative estimate of drug-likeness (QED) is 0.532. The average Bonchev–Trinajstić information content (AvgIpc) is 2.42. The van der Waals surface area contributed by atoms with Gasteiger partial charge >= 0.3 is 0 Å². The Hall–Kier alpha value is -0.820. The molecule has 0 heterocycles. The van der Waals surface area contributed by atoms with E-state index in [1.807, 2.05) is 24.5 Å². The van der Waals surface area contributed by atoms with Gasteiger partial charge in [0.1, 0.15) is 10.8 Å². The van der Waals surface area contributed by atoms with Crippen molar-refractivity contribution in [3.63, 3.8) is 0 Å². The minimum absolute atomic E-state index is 0.269.